The molecule has 0 spiro atoms. The number of hydrogen-bond donors (Lipinski definition) is 2. The van der Waals surface area contributed by atoms with E-state index in [1.807, 2.05) is 31.2 Å². The SMILES string of the molecule is CCNC(=O)NC(=O)[C@H](OC(=O)[C@H]1CC(=O)N(c2ccc(C)cc2)C1)c1ccccc1. The Morgan fingerprint density at radius 2 is 1.77 bits per heavy atom. The van der Waals surface area contributed by atoms with E-state index in [9.17, 15) is 19.2 Å². The molecule has 0 unspecified atom stereocenters. The normalized spacial score (nSPS) is 16.5. The van der Waals surface area contributed by atoms with E-state index in [0.717, 1.165) is 5.56 Å². The predicted molar refractivity (Wildman–Crippen MR) is 114 cm³/mol. The average molecular weight is 423 g/mol. The maximum absolute atomic E-state index is 12.8. The third-order valence-corrected chi connectivity index (χ3v) is 4.95. The van der Waals surface area contributed by atoms with Crippen LogP contribution >= 0.6 is 0 Å². The Kier molecular flexibility index (Phi) is 7.02. The van der Waals surface area contributed by atoms with Crippen molar-refractivity contribution in [3.8, 4) is 0 Å². The number of carbonyl (C=O) groups is 4. The van der Waals surface area contributed by atoms with E-state index in [1.54, 1.807) is 37.3 Å². The zero-order chi connectivity index (χ0) is 22.4. The Morgan fingerprint density at radius 3 is 2.42 bits per heavy atom. The standard InChI is InChI=1S/C23H25N3O5/c1-3-24-23(30)25-21(28)20(16-7-5-4-6-8-16)31-22(29)17-13-19(27)26(14-17)18-11-9-15(2)10-12-18/h4-12,17,20H,3,13-14H2,1-2H3,(H2,24,25,28,30)/t17-,20+/m0/s1. The highest BCUT2D eigenvalue weighted by Crippen LogP contribution is 2.28. The Labute approximate surface area is 180 Å². The Morgan fingerprint density at radius 1 is 1.10 bits per heavy atom. The highest BCUT2D eigenvalue weighted by atomic mass is 16.5. The molecule has 1 aliphatic rings. The molecule has 31 heavy (non-hydrogen) atoms. The molecule has 0 aliphatic carbocycles. The number of nitrogens with zero attached hydrogens (tertiary/aromatic N) is 1. The molecule has 1 saturated heterocycles. The first-order valence-corrected chi connectivity index (χ1v) is 10.1. The molecule has 162 valence electrons. The van der Waals surface area contributed by atoms with Gasteiger partial charge in [-0.05, 0) is 26.0 Å². The maximum Gasteiger partial charge on any atom is 0.321 e. The molecule has 1 fully saturated rings. The fraction of sp³-hybridized carbons (Fsp3) is 0.304. The zero-order valence-corrected chi connectivity index (χ0v) is 17.5. The van der Waals surface area contributed by atoms with Gasteiger partial charge in [0.15, 0.2) is 0 Å². The van der Waals surface area contributed by atoms with Crippen LogP contribution in [0.2, 0.25) is 0 Å². The van der Waals surface area contributed by atoms with Gasteiger partial charge in [0.1, 0.15) is 0 Å². The summed E-state index contributed by atoms with van der Waals surface area (Å²) in [5.74, 6) is -2.32. The zero-order valence-electron chi connectivity index (χ0n) is 17.5. The maximum atomic E-state index is 12.8. The molecule has 0 aromatic heterocycles. The smallest absolute Gasteiger partial charge is 0.321 e. The van der Waals surface area contributed by atoms with Crippen molar-refractivity contribution in [1.29, 1.82) is 0 Å². The van der Waals surface area contributed by atoms with Gasteiger partial charge in [-0.2, -0.15) is 0 Å². The third-order valence-electron chi connectivity index (χ3n) is 4.95. The molecule has 0 radical (unpaired) electrons. The molecule has 0 bridgehead atoms. The minimum atomic E-state index is -1.31. The van der Waals surface area contributed by atoms with E-state index in [1.165, 1.54) is 4.90 Å². The van der Waals surface area contributed by atoms with Crippen LogP contribution in [0, 0.1) is 12.8 Å². The Balaban J connectivity index is 1.73. The van der Waals surface area contributed by atoms with E-state index >= 15 is 0 Å². The third kappa shape index (κ3) is 5.48. The van der Waals surface area contributed by atoms with E-state index in [-0.39, 0.29) is 18.9 Å². The molecule has 2 aromatic rings. The number of carbonyl (C=O) groups excluding carboxylic acids is 4. The average Bonchev–Trinajstić information content (AvgIpc) is 3.15. The molecule has 8 heteroatoms. The summed E-state index contributed by atoms with van der Waals surface area (Å²) < 4.78 is 5.50. The minimum Gasteiger partial charge on any atom is -0.447 e. The number of urea groups is 1. The van der Waals surface area contributed by atoms with Crippen LogP contribution in [-0.4, -0.2) is 36.9 Å². The van der Waals surface area contributed by atoms with Crippen LogP contribution in [0.4, 0.5) is 10.5 Å². The fourth-order valence-electron chi connectivity index (χ4n) is 3.34. The first-order valence-electron chi connectivity index (χ1n) is 10.1. The molecule has 2 N–H and O–H groups in total. The van der Waals surface area contributed by atoms with Gasteiger partial charge in [0.05, 0.1) is 5.92 Å². The van der Waals surface area contributed by atoms with Gasteiger partial charge in [-0.1, -0.05) is 48.0 Å². The molecule has 8 nitrogen and oxygen atoms in total. The molecular weight excluding hydrogens is 398 g/mol. The van der Waals surface area contributed by atoms with Gasteiger partial charge in [-0.25, -0.2) is 4.79 Å². The largest absolute Gasteiger partial charge is 0.447 e. The summed E-state index contributed by atoms with van der Waals surface area (Å²) in [5, 5.41) is 4.64. The summed E-state index contributed by atoms with van der Waals surface area (Å²) in [5.41, 5.74) is 2.20. The summed E-state index contributed by atoms with van der Waals surface area (Å²) in [6.45, 7) is 4.18. The number of anilines is 1. The lowest BCUT2D eigenvalue weighted by Gasteiger charge is -2.20. The second-order valence-electron chi connectivity index (χ2n) is 7.32. The summed E-state index contributed by atoms with van der Waals surface area (Å²) >= 11 is 0. The van der Waals surface area contributed by atoms with Crippen LogP contribution in [-0.2, 0) is 19.1 Å². The number of imide groups is 1. The van der Waals surface area contributed by atoms with Crippen LogP contribution in [0.1, 0.15) is 30.6 Å². The number of aryl methyl sites for hydroxylation is 1. The summed E-state index contributed by atoms with van der Waals surface area (Å²) in [7, 11) is 0. The number of nitrogens with one attached hydrogen (secondary N) is 2. The molecular formula is C23H25N3O5. The van der Waals surface area contributed by atoms with E-state index < -0.39 is 29.9 Å². The molecule has 2 atom stereocenters. The van der Waals surface area contributed by atoms with Crippen LogP contribution in [0.15, 0.2) is 54.6 Å². The van der Waals surface area contributed by atoms with Crippen molar-refractivity contribution in [3.63, 3.8) is 0 Å². The molecule has 2 aromatic carbocycles. The lowest BCUT2D eigenvalue weighted by molar-refractivity contribution is -0.159. The highest BCUT2D eigenvalue weighted by Gasteiger charge is 2.38. The predicted octanol–water partition coefficient (Wildman–Crippen LogP) is 2.48. The summed E-state index contributed by atoms with van der Waals surface area (Å²) in [4.78, 5) is 51.2. The monoisotopic (exact) mass is 423 g/mol. The van der Waals surface area contributed by atoms with Crippen molar-refractivity contribution in [2.45, 2.75) is 26.4 Å². The highest BCUT2D eigenvalue weighted by molar-refractivity contribution is 6.01. The number of hydrogen-bond acceptors (Lipinski definition) is 5. The van der Waals surface area contributed by atoms with E-state index in [0.29, 0.717) is 17.8 Å². The molecule has 3 rings (SSSR count). The quantitative estimate of drug-likeness (QED) is 0.695. The number of esters is 1. The van der Waals surface area contributed by atoms with Crippen molar-refractivity contribution in [1.82, 2.24) is 10.6 Å². The molecule has 0 saturated carbocycles. The first kappa shape index (κ1) is 22.0. The lowest BCUT2D eigenvalue weighted by atomic mass is 10.1. The topological polar surface area (TPSA) is 105 Å². The van der Waals surface area contributed by atoms with Crippen molar-refractivity contribution in [2.24, 2.45) is 5.92 Å². The Hall–Kier alpha value is -3.68. The van der Waals surface area contributed by atoms with E-state index in [2.05, 4.69) is 10.6 Å². The van der Waals surface area contributed by atoms with Crippen molar-refractivity contribution in [3.05, 3.63) is 65.7 Å². The Bertz CT molecular complexity index is 959. The van der Waals surface area contributed by atoms with Gasteiger partial charge in [0.25, 0.3) is 5.91 Å². The van der Waals surface area contributed by atoms with Crippen LogP contribution < -0.4 is 15.5 Å². The number of rotatable bonds is 6. The second-order valence-corrected chi connectivity index (χ2v) is 7.32. The van der Waals surface area contributed by atoms with E-state index in [4.69, 9.17) is 4.74 Å². The van der Waals surface area contributed by atoms with Crippen molar-refractivity contribution < 1.29 is 23.9 Å². The van der Waals surface area contributed by atoms with Crippen molar-refractivity contribution in [2.75, 3.05) is 18.0 Å². The van der Waals surface area contributed by atoms with Crippen molar-refractivity contribution >= 4 is 29.5 Å². The second kappa shape index (κ2) is 9.88. The first-order chi connectivity index (χ1) is 14.9. The van der Waals surface area contributed by atoms with Crippen LogP contribution in [0.3, 0.4) is 0 Å². The summed E-state index contributed by atoms with van der Waals surface area (Å²) in [6, 6.07) is 15.2. The van der Waals surface area contributed by atoms with Gasteiger partial charge in [0, 0.05) is 30.8 Å². The summed E-state index contributed by atoms with van der Waals surface area (Å²) in [6.07, 6.45) is -1.31. The van der Waals surface area contributed by atoms with Gasteiger partial charge >= 0.3 is 12.0 Å². The van der Waals surface area contributed by atoms with Gasteiger partial charge < -0.3 is 15.0 Å². The van der Waals surface area contributed by atoms with Crippen LogP contribution in [0.25, 0.3) is 0 Å². The number of amides is 4. The number of ether oxygens (including phenoxy) is 1. The van der Waals surface area contributed by atoms with Crippen LogP contribution in [0.5, 0.6) is 0 Å². The molecule has 1 heterocycles. The van der Waals surface area contributed by atoms with Gasteiger partial charge in [-0.3, -0.25) is 19.7 Å². The van der Waals surface area contributed by atoms with Gasteiger partial charge in [0.2, 0.25) is 12.0 Å². The molecule has 1 aliphatic heterocycles. The lowest BCUT2D eigenvalue weighted by Crippen LogP contribution is -2.43. The fourth-order valence-corrected chi connectivity index (χ4v) is 3.34. The minimum absolute atomic E-state index is 0.00778. The molecule has 4 amide bonds. The van der Waals surface area contributed by atoms with Gasteiger partial charge in [-0.15, -0.1) is 0 Å². The number of benzene rings is 2.